The molecule has 0 aromatic rings. The van der Waals surface area contributed by atoms with E-state index in [4.69, 9.17) is 0 Å². The first-order valence-corrected chi connectivity index (χ1v) is 0. The van der Waals surface area contributed by atoms with Gasteiger partial charge >= 0.3 is 0 Å². The molecule has 0 amide bonds. The first kappa shape index (κ1) is 74.0. The van der Waals surface area contributed by atoms with E-state index in [1.165, 1.54) is 0 Å². The van der Waals surface area contributed by atoms with Crippen LogP contribution < -0.4 is 0 Å². The van der Waals surface area contributed by atoms with E-state index in [1.54, 1.807) is 0 Å². The third-order valence-corrected chi connectivity index (χ3v) is 0. The molecule has 0 spiro atoms. The monoisotopic (exact) mass is 163 g/mol. The van der Waals surface area contributed by atoms with Crippen LogP contribution in [0.2, 0.25) is 0 Å². The number of hydrogen-bond donors (Lipinski definition) is 0. The van der Waals surface area contributed by atoms with E-state index in [-0.39, 0.29) is 47.5 Å². The van der Waals surface area contributed by atoms with Gasteiger partial charge in [-0.25, -0.2) is 0 Å². The van der Waals surface area contributed by atoms with E-state index in [0.717, 1.165) is 0 Å². The van der Waals surface area contributed by atoms with Crippen molar-refractivity contribution in [1.29, 1.82) is 0 Å². The predicted octanol–water partition coefficient (Wildman–Crippen LogP) is -1.65. The van der Waals surface area contributed by atoms with Gasteiger partial charge in [-0.2, -0.15) is 0 Å². The van der Waals surface area contributed by atoms with Crippen LogP contribution >= 0.6 is 0 Å². The Hall–Kier alpha value is 1.06. The molecule has 0 saturated heterocycles. The largest absolute Gasteiger partial charge is 0.412 e. The van der Waals surface area contributed by atoms with Crippen LogP contribution in [0, 0.1) is 0 Å². The average Bonchev–Trinajstić information content (AvgIpc) is 0. The van der Waals surface area contributed by atoms with Crippen LogP contribution in [0.5, 0.6) is 0 Å². The minimum atomic E-state index is 0. The summed E-state index contributed by atoms with van der Waals surface area (Å²) in [6, 6.07) is 0. The van der Waals surface area contributed by atoms with Gasteiger partial charge in [0.15, 0.2) is 0 Å². The molecule has 2 nitrogen and oxygen atoms in total. The summed E-state index contributed by atoms with van der Waals surface area (Å²) in [4.78, 5) is 0. The summed E-state index contributed by atoms with van der Waals surface area (Å²) in [6.07, 6.45) is 0. The van der Waals surface area contributed by atoms with E-state index in [1.807, 2.05) is 0 Å². The quantitative estimate of drug-likeness (QED) is 0.386. The molecule has 0 heterocycles. The number of hydrogen-bond acceptors (Lipinski definition) is 0. The van der Waals surface area contributed by atoms with E-state index in [0.29, 0.717) is 0 Å². The van der Waals surface area contributed by atoms with Crippen LogP contribution in [0.3, 0.4) is 0 Å². The standard InChI is InChI=1S/Cu.2H2O.Zn/h;2*1H2;. The molecule has 29 valence electrons. The van der Waals surface area contributed by atoms with Gasteiger partial charge in [-0.3, -0.25) is 0 Å². The van der Waals surface area contributed by atoms with Crippen LogP contribution in [-0.2, 0) is 36.5 Å². The van der Waals surface area contributed by atoms with Crippen molar-refractivity contribution in [3.8, 4) is 0 Å². The third kappa shape index (κ3) is 11.5. The van der Waals surface area contributed by atoms with Gasteiger partial charge in [0.2, 0.25) is 0 Å². The maximum atomic E-state index is 0. The Morgan fingerprint density at radius 2 is 0.750 bits per heavy atom. The van der Waals surface area contributed by atoms with Crippen LogP contribution in [0.1, 0.15) is 0 Å². The Kier molecular flexibility index (Phi) is 624. The summed E-state index contributed by atoms with van der Waals surface area (Å²) in [7, 11) is 0. The summed E-state index contributed by atoms with van der Waals surface area (Å²) in [5, 5.41) is 0. The van der Waals surface area contributed by atoms with Crippen molar-refractivity contribution in [3.05, 3.63) is 0 Å². The molecule has 4 heteroatoms. The first-order valence-electron chi connectivity index (χ1n) is 0. The second-order valence-corrected chi connectivity index (χ2v) is 0. The van der Waals surface area contributed by atoms with Gasteiger partial charge in [-0.05, 0) is 0 Å². The summed E-state index contributed by atoms with van der Waals surface area (Å²) in [5.41, 5.74) is 0. The number of rotatable bonds is 0. The Labute approximate surface area is 47.8 Å². The van der Waals surface area contributed by atoms with Crippen molar-refractivity contribution >= 4 is 0 Å². The molecule has 0 atom stereocenters. The second kappa shape index (κ2) is 33.7. The van der Waals surface area contributed by atoms with E-state index >= 15 is 0 Å². The molecule has 0 saturated carbocycles. The van der Waals surface area contributed by atoms with Gasteiger partial charge in [0.25, 0.3) is 0 Å². The Morgan fingerprint density at radius 1 is 0.750 bits per heavy atom. The Balaban J connectivity index is 0. The molecule has 0 unspecified atom stereocenters. The minimum Gasteiger partial charge on any atom is -0.412 e. The maximum absolute atomic E-state index is 0. The molecular formula is H4CuO2Zn. The fourth-order valence-electron chi connectivity index (χ4n) is 0. The summed E-state index contributed by atoms with van der Waals surface area (Å²) < 4.78 is 0. The van der Waals surface area contributed by atoms with Crippen LogP contribution in [0.4, 0.5) is 0 Å². The first-order chi connectivity index (χ1) is 0. The van der Waals surface area contributed by atoms with E-state index in [2.05, 4.69) is 0 Å². The fourth-order valence-corrected chi connectivity index (χ4v) is 0. The van der Waals surface area contributed by atoms with Gasteiger partial charge in [0, 0.05) is 36.5 Å². The van der Waals surface area contributed by atoms with Crippen LogP contribution in [-0.4, -0.2) is 11.0 Å². The Morgan fingerprint density at radius 3 is 0.750 bits per heavy atom. The van der Waals surface area contributed by atoms with Crippen molar-refractivity contribution in [2.75, 3.05) is 0 Å². The average molecular weight is 165 g/mol. The third-order valence-electron chi connectivity index (χ3n) is 0. The van der Waals surface area contributed by atoms with Crippen molar-refractivity contribution in [2.45, 2.75) is 0 Å². The van der Waals surface area contributed by atoms with Gasteiger partial charge in [0.05, 0.1) is 0 Å². The molecule has 0 rings (SSSR count). The zero-order valence-electron chi connectivity index (χ0n) is 2.01. The molecule has 4 N–H and O–H groups in total. The molecule has 0 aliphatic heterocycles. The molecular weight excluding hydrogens is 161 g/mol. The molecule has 0 aliphatic rings. The normalized spacial score (nSPS) is 0. The van der Waals surface area contributed by atoms with Crippen LogP contribution in [0.25, 0.3) is 0 Å². The summed E-state index contributed by atoms with van der Waals surface area (Å²) in [6.45, 7) is 0. The fraction of sp³-hybridized carbons (Fsp3) is 0. The van der Waals surface area contributed by atoms with Gasteiger partial charge in [-0.1, -0.05) is 0 Å². The van der Waals surface area contributed by atoms with E-state index in [9.17, 15) is 0 Å². The van der Waals surface area contributed by atoms with Gasteiger partial charge < -0.3 is 11.0 Å². The van der Waals surface area contributed by atoms with Gasteiger partial charge in [-0.15, -0.1) is 0 Å². The molecule has 1 radical (unpaired) electrons. The van der Waals surface area contributed by atoms with Gasteiger partial charge in [0.1, 0.15) is 0 Å². The summed E-state index contributed by atoms with van der Waals surface area (Å²) in [5.74, 6) is 0. The molecule has 0 bridgehead atoms. The maximum Gasteiger partial charge on any atom is 0 e. The molecule has 0 fully saturated rings. The molecule has 0 aromatic carbocycles. The summed E-state index contributed by atoms with van der Waals surface area (Å²) >= 11 is 0. The Bertz CT molecular complexity index is 6.00. The predicted molar refractivity (Wildman–Crippen MR) is 7.23 cm³/mol. The molecule has 0 aromatic heterocycles. The smallest absolute Gasteiger partial charge is 0 e. The SMILES string of the molecule is O.O.[Cu].[Zn]. The zero-order valence-corrected chi connectivity index (χ0v) is 5.92. The second-order valence-electron chi connectivity index (χ2n) is 0. The molecule has 4 heavy (non-hydrogen) atoms. The van der Waals surface area contributed by atoms with E-state index < -0.39 is 0 Å². The van der Waals surface area contributed by atoms with Crippen molar-refractivity contribution in [1.82, 2.24) is 0 Å². The minimum absolute atomic E-state index is 0. The van der Waals surface area contributed by atoms with Crippen molar-refractivity contribution in [2.24, 2.45) is 0 Å². The molecule has 0 aliphatic carbocycles. The van der Waals surface area contributed by atoms with Crippen LogP contribution in [0.15, 0.2) is 0 Å². The topological polar surface area (TPSA) is 63.0 Å². The van der Waals surface area contributed by atoms with Crippen molar-refractivity contribution < 1.29 is 47.5 Å². The zero-order chi connectivity index (χ0) is 0. The van der Waals surface area contributed by atoms with Crippen molar-refractivity contribution in [3.63, 3.8) is 0 Å².